The van der Waals surface area contributed by atoms with Crippen LogP contribution in [0.5, 0.6) is 0 Å². The maximum atomic E-state index is 13.6. The molecule has 0 aromatic carbocycles. The summed E-state index contributed by atoms with van der Waals surface area (Å²) >= 11 is 0. The molecule has 3 heterocycles. The van der Waals surface area contributed by atoms with Crippen LogP contribution in [-0.2, 0) is 42.7 Å². The molecule has 37 heavy (non-hydrogen) atoms. The molecule has 214 valence electrons. The predicted molar refractivity (Wildman–Crippen MR) is 132 cm³/mol. The molecule has 3 aliphatic heterocycles. The lowest BCUT2D eigenvalue weighted by Crippen LogP contribution is -2.69. The standard InChI is InChI=1S/C26H45NO10/c1-14-11-26(33-9,37-16(3)15(14)2)22(32-8)23(29)27-24-20-19(34-13-35-24)21(31-7)25(4,5)18(36-20)10-17(28)12-30-6/h15-22,24,28H,1,10-13H2,2-9H3,(H,27,29)/t15-,16-,17-,18-,19+,20+,21-,22-,24+,26-/m1/s1. The first kappa shape index (κ1) is 30.4. The number of fused-ring (bicyclic) bond motifs is 1. The molecule has 0 aromatic heterocycles. The summed E-state index contributed by atoms with van der Waals surface area (Å²) in [5.41, 5.74) is 0.408. The molecule has 0 aromatic rings. The highest BCUT2D eigenvalue weighted by Crippen LogP contribution is 2.44. The van der Waals surface area contributed by atoms with Crippen molar-refractivity contribution in [1.29, 1.82) is 0 Å². The molecule has 3 fully saturated rings. The van der Waals surface area contributed by atoms with Crippen LogP contribution in [0.2, 0.25) is 0 Å². The fourth-order valence-corrected chi connectivity index (χ4v) is 5.71. The van der Waals surface area contributed by atoms with Gasteiger partial charge >= 0.3 is 0 Å². The Labute approximate surface area is 220 Å². The normalized spacial score (nSPS) is 39.5. The molecule has 1 amide bonds. The van der Waals surface area contributed by atoms with E-state index >= 15 is 0 Å². The Morgan fingerprint density at radius 2 is 1.89 bits per heavy atom. The first-order valence-corrected chi connectivity index (χ1v) is 12.8. The Hall–Kier alpha value is -1.15. The number of nitrogens with one attached hydrogen (secondary N) is 1. The largest absolute Gasteiger partial charge is 0.391 e. The van der Waals surface area contributed by atoms with Gasteiger partial charge in [0.25, 0.3) is 5.91 Å². The van der Waals surface area contributed by atoms with Gasteiger partial charge in [-0.2, -0.15) is 0 Å². The van der Waals surface area contributed by atoms with Gasteiger partial charge in [0.05, 0.1) is 31.0 Å². The highest BCUT2D eigenvalue weighted by molar-refractivity contribution is 5.82. The number of rotatable bonds is 10. The quantitative estimate of drug-likeness (QED) is 0.400. The Balaban J connectivity index is 1.82. The van der Waals surface area contributed by atoms with E-state index < -0.39 is 53.9 Å². The lowest BCUT2D eigenvalue weighted by atomic mass is 9.72. The Bertz CT molecular complexity index is 793. The number of aliphatic hydroxyl groups is 1. The number of amides is 1. The summed E-state index contributed by atoms with van der Waals surface area (Å²) in [5, 5.41) is 13.4. The van der Waals surface area contributed by atoms with E-state index in [0.29, 0.717) is 12.8 Å². The molecule has 11 heteroatoms. The van der Waals surface area contributed by atoms with E-state index in [4.69, 9.17) is 37.9 Å². The summed E-state index contributed by atoms with van der Waals surface area (Å²) in [5.74, 6) is -1.72. The molecule has 0 spiro atoms. The van der Waals surface area contributed by atoms with Gasteiger partial charge in [-0.25, -0.2) is 0 Å². The minimum atomic E-state index is -1.34. The Morgan fingerprint density at radius 1 is 1.19 bits per heavy atom. The van der Waals surface area contributed by atoms with E-state index in [2.05, 4.69) is 11.9 Å². The topological polar surface area (TPSA) is 123 Å². The highest BCUT2D eigenvalue weighted by Gasteiger charge is 2.57. The van der Waals surface area contributed by atoms with Gasteiger partial charge in [0, 0.05) is 52.6 Å². The number of hydrogen-bond acceptors (Lipinski definition) is 10. The van der Waals surface area contributed by atoms with Gasteiger partial charge in [-0.05, 0) is 6.92 Å². The van der Waals surface area contributed by atoms with Crippen LogP contribution in [0.15, 0.2) is 12.2 Å². The van der Waals surface area contributed by atoms with Gasteiger partial charge in [0.2, 0.25) is 5.79 Å². The summed E-state index contributed by atoms with van der Waals surface area (Å²) in [6, 6.07) is 0. The fourth-order valence-electron chi connectivity index (χ4n) is 5.71. The SMILES string of the molecule is C=C1C[C@](OC)([C@H](OC)C(=O)N[C@H]2OCO[C@H]3[C@@H]2O[C@H](C[C@@H](O)COC)C(C)(C)[C@@H]3OC)O[C@H](C)[C@@H]1C. The van der Waals surface area contributed by atoms with Crippen LogP contribution in [0.25, 0.3) is 0 Å². The second kappa shape index (κ2) is 12.4. The average Bonchev–Trinajstić information content (AvgIpc) is 2.83. The average molecular weight is 532 g/mol. The summed E-state index contributed by atoms with van der Waals surface area (Å²) in [6.07, 6.45) is -4.34. The molecule has 2 N–H and O–H groups in total. The van der Waals surface area contributed by atoms with Gasteiger partial charge in [-0.1, -0.05) is 32.9 Å². The van der Waals surface area contributed by atoms with Crippen molar-refractivity contribution in [1.82, 2.24) is 5.32 Å². The minimum absolute atomic E-state index is 0.0582. The number of hydrogen-bond donors (Lipinski definition) is 2. The molecule has 0 unspecified atom stereocenters. The molecule has 3 aliphatic rings. The van der Waals surface area contributed by atoms with Crippen LogP contribution < -0.4 is 5.32 Å². The van der Waals surface area contributed by atoms with Crippen molar-refractivity contribution in [3.8, 4) is 0 Å². The van der Waals surface area contributed by atoms with Crippen LogP contribution >= 0.6 is 0 Å². The number of carbonyl (C=O) groups is 1. The molecule has 11 nitrogen and oxygen atoms in total. The van der Waals surface area contributed by atoms with Gasteiger partial charge in [0.1, 0.15) is 19.0 Å². The summed E-state index contributed by atoms with van der Waals surface area (Å²) in [4.78, 5) is 13.6. The van der Waals surface area contributed by atoms with E-state index in [1.54, 1.807) is 7.11 Å². The summed E-state index contributed by atoms with van der Waals surface area (Å²) < 4.78 is 46.7. The molecule has 0 saturated carbocycles. The lowest BCUT2D eigenvalue weighted by molar-refractivity contribution is -0.333. The van der Waals surface area contributed by atoms with Crippen LogP contribution in [0.1, 0.15) is 40.5 Å². The molecular weight excluding hydrogens is 486 g/mol. The number of carbonyl (C=O) groups excluding carboxylic acids is 1. The molecule has 0 bridgehead atoms. The zero-order valence-corrected chi connectivity index (χ0v) is 23.4. The summed E-state index contributed by atoms with van der Waals surface area (Å²) in [7, 11) is 6.07. The minimum Gasteiger partial charge on any atom is -0.391 e. The predicted octanol–water partition coefficient (Wildman–Crippen LogP) is 1.37. The second-order valence-electron chi connectivity index (χ2n) is 10.8. The third-order valence-electron chi connectivity index (χ3n) is 8.12. The lowest BCUT2D eigenvalue weighted by Gasteiger charge is -2.54. The number of ether oxygens (including phenoxy) is 8. The summed E-state index contributed by atoms with van der Waals surface area (Å²) in [6.45, 7) is 12.2. The van der Waals surface area contributed by atoms with E-state index in [1.807, 2.05) is 27.7 Å². The molecule has 0 aliphatic carbocycles. The van der Waals surface area contributed by atoms with Crippen LogP contribution in [0.3, 0.4) is 0 Å². The van der Waals surface area contributed by atoms with Crippen molar-refractivity contribution >= 4 is 5.91 Å². The number of aliphatic hydroxyl groups excluding tert-OH is 1. The van der Waals surface area contributed by atoms with Gasteiger partial charge in [-0.15, -0.1) is 0 Å². The molecule has 3 saturated heterocycles. The second-order valence-corrected chi connectivity index (χ2v) is 10.8. The molecular formula is C26H45NO10. The van der Waals surface area contributed by atoms with Crippen molar-refractivity contribution in [3.05, 3.63) is 12.2 Å². The highest BCUT2D eigenvalue weighted by atomic mass is 16.7. The van der Waals surface area contributed by atoms with Crippen molar-refractivity contribution in [3.63, 3.8) is 0 Å². The van der Waals surface area contributed by atoms with Crippen molar-refractivity contribution in [2.45, 2.75) is 95.3 Å². The van der Waals surface area contributed by atoms with Crippen molar-refractivity contribution in [2.75, 3.05) is 41.8 Å². The maximum Gasteiger partial charge on any atom is 0.256 e. The fraction of sp³-hybridized carbons (Fsp3) is 0.885. The zero-order valence-electron chi connectivity index (χ0n) is 23.4. The van der Waals surface area contributed by atoms with E-state index in [1.165, 1.54) is 21.3 Å². The number of methoxy groups -OCH3 is 4. The zero-order chi connectivity index (χ0) is 27.5. The maximum absolute atomic E-state index is 13.6. The first-order chi connectivity index (χ1) is 17.4. The van der Waals surface area contributed by atoms with Crippen LogP contribution in [-0.4, -0.2) is 108 Å². The smallest absolute Gasteiger partial charge is 0.256 e. The third-order valence-corrected chi connectivity index (χ3v) is 8.12. The van der Waals surface area contributed by atoms with Gasteiger partial charge < -0.3 is 48.3 Å². The molecule has 3 rings (SSSR count). The van der Waals surface area contributed by atoms with E-state index in [-0.39, 0.29) is 31.5 Å². The molecule has 10 atom stereocenters. The van der Waals surface area contributed by atoms with Crippen molar-refractivity contribution < 1.29 is 47.8 Å². The van der Waals surface area contributed by atoms with Gasteiger partial charge in [-0.3, -0.25) is 4.79 Å². The van der Waals surface area contributed by atoms with Crippen LogP contribution in [0.4, 0.5) is 0 Å². The van der Waals surface area contributed by atoms with Crippen molar-refractivity contribution in [2.24, 2.45) is 11.3 Å². The Morgan fingerprint density at radius 3 is 2.46 bits per heavy atom. The molecule has 0 radical (unpaired) electrons. The monoisotopic (exact) mass is 531 g/mol. The van der Waals surface area contributed by atoms with Crippen LogP contribution in [0, 0.1) is 11.3 Å². The van der Waals surface area contributed by atoms with E-state index in [0.717, 1.165) is 5.57 Å². The first-order valence-electron chi connectivity index (χ1n) is 12.8. The Kier molecular flexibility index (Phi) is 10.1. The van der Waals surface area contributed by atoms with E-state index in [9.17, 15) is 9.90 Å². The van der Waals surface area contributed by atoms with Gasteiger partial charge in [0.15, 0.2) is 12.3 Å². The third kappa shape index (κ3) is 6.05.